The average molecular weight is 196 g/mol. The molecule has 0 saturated heterocycles. The van der Waals surface area contributed by atoms with E-state index in [1.807, 2.05) is 6.92 Å². The van der Waals surface area contributed by atoms with E-state index >= 15 is 0 Å². The van der Waals surface area contributed by atoms with Crippen molar-refractivity contribution in [2.45, 2.75) is 6.92 Å². The summed E-state index contributed by atoms with van der Waals surface area (Å²) in [6, 6.07) is 4.65. The van der Waals surface area contributed by atoms with E-state index in [0.29, 0.717) is 17.9 Å². The fraction of sp³-hybridized carbons (Fsp3) is 0.273. The number of aliphatic hydroxyl groups excluding tert-OH is 1. The van der Waals surface area contributed by atoms with E-state index < -0.39 is 0 Å². The second-order valence-electron chi connectivity index (χ2n) is 2.70. The maximum absolute atomic E-state index is 13.3. The summed E-state index contributed by atoms with van der Waals surface area (Å²) in [7, 11) is 0. The van der Waals surface area contributed by atoms with Crippen molar-refractivity contribution in [1.29, 1.82) is 0 Å². The highest BCUT2D eigenvalue weighted by atomic mass is 19.1. The minimum absolute atomic E-state index is 0.0906. The summed E-state index contributed by atoms with van der Waals surface area (Å²) in [5.41, 5.74) is 0.447. The molecule has 1 aromatic rings. The second-order valence-corrected chi connectivity index (χ2v) is 2.70. The zero-order valence-corrected chi connectivity index (χ0v) is 8.03. The number of benzene rings is 1. The van der Waals surface area contributed by atoms with Crippen LogP contribution >= 0.6 is 0 Å². The second kappa shape index (κ2) is 5.40. The molecule has 0 aliphatic heterocycles. The maximum atomic E-state index is 13.3. The fourth-order valence-electron chi connectivity index (χ4n) is 1.08. The molecule has 0 saturated carbocycles. The molecule has 3 heteroatoms. The van der Waals surface area contributed by atoms with Gasteiger partial charge in [0, 0.05) is 11.6 Å². The molecule has 0 atom stereocenters. The van der Waals surface area contributed by atoms with Crippen molar-refractivity contribution in [3.63, 3.8) is 0 Å². The lowest BCUT2D eigenvalue weighted by molar-refractivity contribution is 0.338. The first-order valence-corrected chi connectivity index (χ1v) is 4.47. The van der Waals surface area contributed by atoms with E-state index in [2.05, 4.69) is 0 Å². The molecule has 0 aliphatic carbocycles. The van der Waals surface area contributed by atoms with Gasteiger partial charge in [-0.25, -0.2) is 4.39 Å². The lowest BCUT2D eigenvalue weighted by atomic mass is 10.2. The maximum Gasteiger partial charge on any atom is 0.134 e. The van der Waals surface area contributed by atoms with Gasteiger partial charge in [-0.05, 0) is 19.1 Å². The Balaban J connectivity index is 2.84. The highest BCUT2D eigenvalue weighted by Crippen LogP contribution is 2.17. The van der Waals surface area contributed by atoms with Crippen molar-refractivity contribution in [1.82, 2.24) is 0 Å². The third-order valence-electron chi connectivity index (χ3n) is 1.69. The molecule has 14 heavy (non-hydrogen) atoms. The van der Waals surface area contributed by atoms with Crippen LogP contribution in [0.2, 0.25) is 0 Å². The summed E-state index contributed by atoms with van der Waals surface area (Å²) >= 11 is 0. The van der Waals surface area contributed by atoms with Crippen LogP contribution in [0.15, 0.2) is 24.3 Å². The monoisotopic (exact) mass is 196 g/mol. The summed E-state index contributed by atoms with van der Waals surface area (Å²) in [4.78, 5) is 0. The Labute approximate surface area is 82.6 Å². The molecule has 1 N–H and O–H groups in total. The SMILES string of the molecule is CCOc1ccc(C=CCO)c(F)c1. The lowest BCUT2D eigenvalue weighted by Crippen LogP contribution is -1.92. The first-order chi connectivity index (χ1) is 6.77. The summed E-state index contributed by atoms with van der Waals surface area (Å²) in [5, 5.41) is 8.52. The number of hydrogen-bond donors (Lipinski definition) is 1. The van der Waals surface area contributed by atoms with E-state index in [-0.39, 0.29) is 12.4 Å². The van der Waals surface area contributed by atoms with E-state index in [1.54, 1.807) is 12.1 Å². The summed E-state index contributed by atoms with van der Waals surface area (Å²) < 4.78 is 18.4. The van der Waals surface area contributed by atoms with Gasteiger partial charge in [0.2, 0.25) is 0 Å². The van der Waals surface area contributed by atoms with Crippen LogP contribution in [0, 0.1) is 5.82 Å². The van der Waals surface area contributed by atoms with Crippen LogP contribution in [-0.4, -0.2) is 18.3 Å². The quantitative estimate of drug-likeness (QED) is 0.800. The lowest BCUT2D eigenvalue weighted by Gasteiger charge is -2.03. The summed E-state index contributed by atoms with van der Waals surface area (Å²) in [6.45, 7) is 2.27. The molecule has 0 heterocycles. The van der Waals surface area contributed by atoms with Crippen LogP contribution in [0.1, 0.15) is 12.5 Å². The van der Waals surface area contributed by atoms with Gasteiger partial charge < -0.3 is 9.84 Å². The zero-order chi connectivity index (χ0) is 10.4. The molecule has 0 amide bonds. The topological polar surface area (TPSA) is 29.5 Å². The highest BCUT2D eigenvalue weighted by molar-refractivity contribution is 5.51. The van der Waals surface area contributed by atoms with Crippen LogP contribution < -0.4 is 4.74 Å². The summed E-state index contributed by atoms with van der Waals surface area (Å²) in [6.07, 6.45) is 3.02. The van der Waals surface area contributed by atoms with E-state index in [4.69, 9.17) is 9.84 Å². The fourth-order valence-corrected chi connectivity index (χ4v) is 1.08. The van der Waals surface area contributed by atoms with E-state index in [1.165, 1.54) is 18.2 Å². The number of aliphatic hydroxyl groups is 1. The Bertz CT molecular complexity index is 321. The molecular weight excluding hydrogens is 183 g/mol. The minimum Gasteiger partial charge on any atom is -0.494 e. The van der Waals surface area contributed by atoms with Crippen LogP contribution in [-0.2, 0) is 0 Å². The van der Waals surface area contributed by atoms with Gasteiger partial charge in [-0.2, -0.15) is 0 Å². The molecule has 0 aliphatic rings. The van der Waals surface area contributed by atoms with E-state index in [9.17, 15) is 4.39 Å². The predicted octanol–water partition coefficient (Wildman–Crippen LogP) is 2.23. The molecule has 0 spiro atoms. The van der Waals surface area contributed by atoms with Gasteiger partial charge in [0.25, 0.3) is 0 Å². The van der Waals surface area contributed by atoms with Gasteiger partial charge in [-0.3, -0.25) is 0 Å². The van der Waals surface area contributed by atoms with Gasteiger partial charge in [0.1, 0.15) is 11.6 Å². The van der Waals surface area contributed by atoms with Crippen molar-refractivity contribution in [2.75, 3.05) is 13.2 Å². The molecule has 1 aromatic carbocycles. The van der Waals surface area contributed by atoms with Crippen LogP contribution in [0.4, 0.5) is 4.39 Å². The number of hydrogen-bond acceptors (Lipinski definition) is 2. The molecule has 1 rings (SSSR count). The standard InChI is InChI=1S/C11H13FO2/c1-2-14-10-6-5-9(4-3-7-13)11(12)8-10/h3-6,8,13H,2,7H2,1H3. The Morgan fingerprint density at radius 3 is 2.86 bits per heavy atom. The van der Waals surface area contributed by atoms with Crippen molar-refractivity contribution in [2.24, 2.45) is 0 Å². The van der Waals surface area contributed by atoms with Crippen molar-refractivity contribution in [3.05, 3.63) is 35.7 Å². The van der Waals surface area contributed by atoms with Crippen molar-refractivity contribution >= 4 is 6.08 Å². The third-order valence-corrected chi connectivity index (χ3v) is 1.69. The molecular formula is C11H13FO2. The molecule has 76 valence electrons. The summed E-state index contributed by atoms with van der Waals surface area (Å²) in [5.74, 6) is 0.173. The Morgan fingerprint density at radius 2 is 2.29 bits per heavy atom. The van der Waals surface area contributed by atoms with Crippen molar-refractivity contribution in [3.8, 4) is 5.75 Å². The van der Waals surface area contributed by atoms with Gasteiger partial charge in [0.05, 0.1) is 13.2 Å². The first kappa shape index (κ1) is 10.7. The van der Waals surface area contributed by atoms with E-state index in [0.717, 1.165) is 0 Å². The van der Waals surface area contributed by atoms with Crippen molar-refractivity contribution < 1.29 is 14.2 Å². The molecule has 0 fully saturated rings. The molecule has 0 bridgehead atoms. The van der Waals surface area contributed by atoms with Gasteiger partial charge >= 0.3 is 0 Å². The average Bonchev–Trinajstić information content (AvgIpc) is 2.17. The Hall–Kier alpha value is -1.35. The smallest absolute Gasteiger partial charge is 0.134 e. The molecule has 0 unspecified atom stereocenters. The highest BCUT2D eigenvalue weighted by Gasteiger charge is 2.00. The number of halogens is 1. The third kappa shape index (κ3) is 2.85. The van der Waals surface area contributed by atoms with Crippen LogP contribution in [0.5, 0.6) is 5.75 Å². The zero-order valence-electron chi connectivity index (χ0n) is 8.03. The van der Waals surface area contributed by atoms with Crippen LogP contribution in [0.25, 0.3) is 6.08 Å². The van der Waals surface area contributed by atoms with Crippen LogP contribution in [0.3, 0.4) is 0 Å². The van der Waals surface area contributed by atoms with Gasteiger partial charge in [-0.1, -0.05) is 12.2 Å². The molecule has 2 nitrogen and oxygen atoms in total. The number of ether oxygens (including phenoxy) is 1. The van der Waals surface area contributed by atoms with Gasteiger partial charge in [0.15, 0.2) is 0 Å². The Kier molecular flexibility index (Phi) is 4.13. The minimum atomic E-state index is -0.347. The number of rotatable bonds is 4. The largest absolute Gasteiger partial charge is 0.494 e. The molecule has 0 radical (unpaired) electrons. The molecule has 0 aromatic heterocycles. The normalized spacial score (nSPS) is 10.8. The Morgan fingerprint density at radius 1 is 1.50 bits per heavy atom. The first-order valence-electron chi connectivity index (χ1n) is 4.47. The van der Waals surface area contributed by atoms with Gasteiger partial charge in [-0.15, -0.1) is 0 Å². The predicted molar refractivity (Wildman–Crippen MR) is 53.7 cm³/mol.